The number of rotatable bonds is 5. The van der Waals surface area contributed by atoms with Crippen LogP contribution in [0.3, 0.4) is 0 Å². The zero-order valence-corrected chi connectivity index (χ0v) is 14.9. The van der Waals surface area contributed by atoms with Gasteiger partial charge in [-0.25, -0.2) is 17.6 Å². The lowest BCUT2D eigenvalue weighted by Crippen LogP contribution is -2.19. The minimum atomic E-state index is -1.62. The van der Waals surface area contributed by atoms with Gasteiger partial charge in [0.2, 0.25) is 0 Å². The summed E-state index contributed by atoms with van der Waals surface area (Å²) in [5, 5.41) is 3.07. The van der Waals surface area contributed by atoms with Crippen molar-refractivity contribution < 1.29 is 17.6 Å². The molecule has 0 heterocycles. The van der Waals surface area contributed by atoms with Crippen LogP contribution in [0.1, 0.15) is 43.0 Å². The summed E-state index contributed by atoms with van der Waals surface area (Å²) in [5.41, 5.74) is 1.41. The lowest BCUT2D eigenvalue weighted by molar-refractivity contribution is 0.417. The summed E-state index contributed by atoms with van der Waals surface area (Å²) in [4.78, 5) is 0. The minimum Gasteiger partial charge on any atom is -0.312 e. The van der Waals surface area contributed by atoms with Crippen molar-refractivity contribution in [3.05, 3.63) is 69.8 Å². The molecule has 0 aliphatic carbocycles. The van der Waals surface area contributed by atoms with Crippen LogP contribution in [0.2, 0.25) is 0 Å². The van der Waals surface area contributed by atoms with Crippen molar-refractivity contribution in [1.82, 2.24) is 5.32 Å². The van der Waals surface area contributed by atoms with Gasteiger partial charge < -0.3 is 5.32 Å². The summed E-state index contributed by atoms with van der Waals surface area (Å²) in [6, 6.07) is 8.09. The van der Waals surface area contributed by atoms with E-state index in [2.05, 4.69) is 38.2 Å². The second-order valence-corrected chi connectivity index (χ2v) is 7.23. The van der Waals surface area contributed by atoms with Crippen LogP contribution < -0.4 is 5.32 Å². The Labute approximate surface area is 146 Å². The molecule has 2 aromatic rings. The Morgan fingerprint density at radius 3 is 2.00 bits per heavy atom. The van der Waals surface area contributed by atoms with Gasteiger partial charge in [-0.3, -0.25) is 0 Å². The SMILES string of the molecule is Cc1c(F)c(F)c(F)c(CCNCc2ccc(C(C)(C)C)cc2)c1F. The van der Waals surface area contributed by atoms with Crippen molar-refractivity contribution in [1.29, 1.82) is 0 Å². The predicted molar refractivity (Wildman–Crippen MR) is 91.6 cm³/mol. The van der Waals surface area contributed by atoms with Crippen molar-refractivity contribution in [2.45, 2.75) is 46.1 Å². The summed E-state index contributed by atoms with van der Waals surface area (Å²) in [5.74, 6) is -5.55. The van der Waals surface area contributed by atoms with Crippen LogP contribution in [-0.4, -0.2) is 6.54 Å². The molecule has 0 radical (unpaired) electrons. The van der Waals surface area contributed by atoms with Crippen molar-refractivity contribution in [3.8, 4) is 0 Å². The van der Waals surface area contributed by atoms with Crippen molar-refractivity contribution in [3.63, 3.8) is 0 Å². The van der Waals surface area contributed by atoms with Crippen molar-refractivity contribution >= 4 is 0 Å². The molecule has 0 aliphatic heterocycles. The summed E-state index contributed by atoms with van der Waals surface area (Å²) in [7, 11) is 0. The van der Waals surface area contributed by atoms with Crippen LogP contribution in [0.15, 0.2) is 24.3 Å². The highest BCUT2D eigenvalue weighted by Crippen LogP contribution is 2.24. The number of benzene rings is 2. The highest BCUT2D eigenvalue weighted by Gasteiger charge is 2.22. The van der Waals surface area contributed by atoms with Gasteiger partial charge in [-0.15, -0.1) is 0 Å². The first kappa shape index (κ1) is 19.4. The highest BCUT2D eigenvalue weighted by atomic mass is 19.2. The predicted octanol–water partition coefficient (Wildman–Crippen LogP) is 5.18. The second kappa shape index (κ2) is 7.56. The lowest BCUT2D eigenvalue weighted by atomic mass is 9.87. The zero-order valence-electron chi connectivity index (χ0n) is 14.9. The Morgan fingerprint density at radius 1 is 0.840 bits per heavy atom. The number of hydrogen-bond donors (Lipinski definition) is 1. The number of nitrogens with one attached hydrogen (secondary N) is 1. The first-order valence-corrected chi connectivity index (χ1v) is 8.24. The molecule has 0 bridgehead atoms. The molecule has 136 valence electrons. The molecule has 2 rings (SSSR count). The Bertz CT molecular complexity index is 717. The van der Waals surface area contributed by atoms with Gasteiger partial charge >= 0.3 is 0 Å². The van der Waals surface area contributed by atoms with E-state index in [0.29, 0.717) is 6.54 Å². The lowest BCUT2D eigenvalue weighted by Gasteiger charge is -2.19. The van der Waals surface area contributed by atoms with Gasteiger partial charge in [0.05, 0.1) is 0 Å². The Morgan fingerprint density at radius 2 is 1.44 bits per heavy atom. The van der Waals surface area contributed by atoms with Crippen molar-refractivity contribution in [2.24, 2.45) is 0 Å². The molecule has 0 saturated heterocycles. The quantitative estimate of drug-likeness (QED) is 0.338. The molecule has 25 heavy (non-hydrogen) atoms. The molecular formula is C20H23F4N. The minimum absolute atomic E-state index is 0.0597. The van der Waals surface area contributed by atoms with Gasteiger partial charge in [-0.05, 0) is 36.4 Å². The fraction of sp³-hybridized carbons (Fsp3) is 0.400. The number of halogens is 4. The zero-order chi connectivity index (χ0) is 18.8. The van der Waals surface area contributed by atoms with Crippen molar-refractivity contribution in [2.75, 3.05) is 6.54 Å². The molecule has 2 aromatic carbocycles. The van der Waals surface area contributed by atoms with Gasteiger partial charge in [-0.2, -0.15) is 0 Å². The summed E-state index contributed by atoms with van der Waals surface area (Å²) in [6.07, 6.45) is -0.0597. The maximum absolute atomic E-state index is 13.9. The smallest absolute Gasteiger partial charge is 0.195 e. The summed E-state index contributed by atoms with van der Waals surface area (Å²) >= 11 is 0. The third kappa shape index (κ3) is 4.40. The molecule has 5 heteroatoms. The molecule has 0 aliphatic rings. The van der Waals surface area contributed by atoms with Crippen LogP contribution in [0, 0.1) is 30.2 Å². The highest BCUT2D eigenvalue weighted by molar-refractivity contribution is 5.30. The Hall–Kier alpha value is -1.88. The molecule has 0 spiro atoms. The molecule has 0 unspecified atom stereocenters. The standard InChI is InChI=1S/C20H23F4N/c1-12-16(21)15(18(23)19(24)17(12)22)9-10-25-11-13-5-7-14(8-6-13)20(2,3)4/h5-8,25H,9-11H2,1-4H3. The van der Waals surface area contributed by atoms with Gasteiger partial charge in [-0.1, -0.05) is 45.0 Å². The Kier molecular flexibility index (Phi) is 5.88. The van der Waals surface area contributed by atoms with E-state index >= 15 is 0 Å². The first-order chi connectivity index (χ1) is 11.6. The maximum atomic E-state index is 13.9. The molecule has 1 N–H and O–H groups in total. The van der Waals surface area contributed by atoms with E-state index in [4.69, 9.17) is 0 Å². The molecule has 1 nitrogen and oxygen atoms in total. The molecule has 0 aromatic heterocycles. The second-order valence-electron chi connectivity index (χ2n) is 7.23. The Balaban J connectivity index is 1.96. The fourth-order valence-electron chi connectivity index (χ4n) is 2.60. The van der Waals surface area contributed by atoms with Gasteiger partial charge in [0, 0.05) is 17.7 Å². The monoisotopic (exact) mass is 353 g/mol. The third-order valence-corrected chi connectivity index (χ3v) is 4.27. The van der Waals surface area contributed by atoms with Gasteiger partial charge in [0.25, 0.3) is 0 Å². The summed E-state index contributed by atoms with van der Waals surface area (Å²) < 4.78 is 54.4. The largest absolute Gasteiger partial charge is 0.312 e. The van der Waals surface area contributed by atoms with Crippen LogP contribution in [0.5, 0.6) is 0 Å². The normalized spacial score (nSPS) is 11.8. The van der Waals surface area contributed by atoms with E-state index in [-0.39, 0.29) is 18.4 Å². The van der Waals surface area contributed by atoms with E-state index in [0.717, 1.165) is 12.5 Å². The van der Waals surface area contributed by atoms with E-state index < -0.39 is 34.4 Å². The fourth-order valence-corrected chi connectivity index (χ4v) is 2.60. The number of hydrogen-bond acceptors (Lipinski definition) is 1. The van der Waals surface area contributed by atoms with E-state index in [9.17, 15) is 17.6 Å². The molecular weight excluding hydrogens is 330 g/mol. The van der Waals surface area contributed by atoms with E-state index in [1.165, 1.54) is 5.56 Å². The first-order valence-electron chi connectivity index (χ1n) is 8.24. The van der Waals surface area contributed by atoms with Gasteiger partial charge in [0.1, 0.15) is 5.82 Å². The van der Waals surface area contributed by atoms with E-state index in [1.807, 2.05) is 12.1 Å². The summed E-state index contributed by atoms with van der Waals surface area (Å²) in [6.45, 7) is 8.27. The maximum Gasteiger partial charge on any atom is 0.195 e. The van der Waals surface area contributed by atoms with Crippen LogP contribution in [0.25, 0.3) is 0 Å². The average molecular weight is 353 g/mol. The molecule has 0 atom stereocenters. The molecule has 0 amide bonds. The average Bonchev–Trinajstić information content (AvgIpc) is 2.57. The third-order valence-electron chi connectivity index (χ3n) is 4.27. The molecule has 0 saturated carbocycles. The topological polar surface area (TPSA) is 12.0 Å². The van der Waals surface area contributed by atoms with Crippen LogP contribution in [0.4, 0.5) is 17.6 Å². The van der Waals surface area contributed by atoms with Crippen LogP contribution in [-0.2, 0) is 18.4 Å². The molecule has 0 fully saturated rings. The van der Waals surface area contributed by atoms with E-state index in [1.54, 1.807) is 0 Å². The van der Waals surface area contributed by atoms with Gasteiger partial charge in [0.15, 0.2) is 17.5 Å². The van der Waals surface area contributed by atoms with Crippen LogP contribution >= 0.6 is 0 Å².